The van der Waals surface area contributed by atoms with Crippen LogP contribution in [0.4, 0.5) is 5.13 Å². The molecule has 5 nitrogen and oxygen atoms in total. The molecule has 0 aliphatic heterocycles. The predicted octanol–water partition coefficient (Wildman–Crippen LogP) is 5.05. The summed E-state index contributed by atoms with van der Waals surface area (Å²) >= 11 is 8.90. The normalized spacial score (nSPS) is 10.6. The maximum atomic E-state index is 12.5. The minimum atomic E-state index is -0.337. The number of aryl methyl sites for hydroxylation is 1. The van der Waals surface area contributed by atoms with Gasteiger partial charge in [-0.15, -0.1) is 10.2 Å². The fraction of sp³-hybridized carbons (Fsp3) is 0.167. The summed E-state index contributed by atoms with van der Waals surface area (Å²) in [6.45, 7) is 2.08. The van der Waals surface area contributed by atoms with Gasteiger partial charge in [-0.1, -0.05) is 59.0 Å². The summed E-state index contributed by atoms with van der Waals surface area (Å²) < 4.78 is 6.00. The summed E-state index contributed by atoms with van der Waals surface area (Å²) in [5.74, 6) is 0.915. The molecule has 0 aliphatic rings. The molecule has 0 unspecified atom stereocenters. The lowest BCUT2D eigenvalue weighted by molar-refractivity contribution is 0.102. The molecule has 0 radical (unpaired) electrons. The Labute approximate surface area is 164 Å². The average molecular weight is 406 g/mol. The van der Waals surface area contributed by atoms with Crippen LogP contribution >= 0.6 is 34.7 Å². The number of rotatable bonds is 6. The lowest BCUT2D eigenvalue weighted by Gasteiger charge is -2.07. The molecule has 8 heteroatoms. The van der Waals surface area contributed by atoms with Gasteiger partial charge in [0.25, 0.3) is 5.91 Å². The first kappa shape index (κ1) is 18.7. The van der Waals surface area contributed by atoms with Gasteiger partial charge in [0.1, 0.15) is 5.75 Å². The van der Waals surface area contributed by atoms with Gasteiger partial charge in [-0.3, -0.25) is 10.1 Å². The maximum absolute atomic E-state index is 12.5. The van der Waals surface area contributed by atoms with E-state index < -0.39 is 0 Å². The Hall–Kier alpha value is -2.09. The van der Waals surface area contributed by atoms with E-state index in [1.807, 2.05) is 12.1 Å². The summed E-state index contributed by atoms with van der Waals surface area (Å²) in [5.41, 5.74) is 2.84. The van der Waals surface area contributed by atoms with Crippen LogP contribution in [0.25, 0.3) is 0 Å². The number of benzene rings is 2. The monoisotopic (exact) mass is 405 g/mol. The van der Waals surface area contributed by atoms with Crippen molar-refractivity contribution >= 4 is 45.7 Å². The van der Waals surface area contributed by atoms with Crippen LogP contribution in [0.5, 0.6) is 5.75 Å². The fourth-order valence-electron chi connectivity index (χ4n) is 2.25. The molecule has 2 aromatic carbocycles. The van der Waals surface area contributed by atoms with E-state index in [1.54, 1.807) is 30.0 Å². The van der Waals surface area contributed by atoms with Gasteiger partial charge >= 0.3 is 0 Å². The van der Waals surface area contributed by atoms with E-state index in [4.69, 9.17) is 16.3 Å². The molecule has 1 amide bonds. The van der Waals surface area contributed by atoms with Gasteiger partial charge in [-0.2, -0.15) is 0 Å². The van der Waals surface area contributed by atoms with Gasteiger partial charge in [0.15, 0.2) is 4.34 Å². The molecule has 0 aliphatic carbocycles. The molecule has 1 aromatic heterocycles. The van der Waals surface area contributed by atoms with E-state index in [9.17, 15) is 4.79 Å². The van der Waals surface area contributed by atoms with Crippen molar-refractivity contribution in [3.8, 4) is 5.75 Å². The molecule has 0 saturated carbocycles. The fourth-order valence-corrected chi connectivity index (χ4v) is 4.25. The van der Waals surface area contributed by atoms with Gasteiger partial charge < -0.3 is 4.74 Å². The van der Waals surface area contributed by atoms with Gasteiger partial charge in [0, 0.05) is 10.8 Å². The van der Waals surface area contributed by atoms with Crippen molar-refractivity contribution in [3.05, 3.63) is 64.2 Å². The number of methoxy groups -OCH3 is 1. The number of halogens is 1. The van der Waals surface area contributed by atoms with Gasteiger partial charge in [-0.05, 0) is 36.2 Å². The van der Waals surface area contributed by atoms with E-state index in [0.29, 0.717) is 21.5 Å². The Morgan fingerprint density at radius 3 is 2.85 bits per heavy atom. The first-order chi connectivity index (χ1) is 12.6. The van der Waals surface area contributed by atoms with E-state index in [1.165, 1.54) is 29.6 Å². The van der Waals surface area contributed by atoms with Crippen molar-refractivity contribution in [3.63, 3.8) is 0 Å². The lowest BCUT2D eigenvalue weighted by atomic mass is 10.1. The number of nitrogens with one attached hydrogen (secondary N) is 1. The Morgan fingerprint density at radius 2 is 2.08 bits per heavy atom. The largest absolute Gasteiger partial charge is 0.496 e. The quantitative estimate of drug-likeness (QED) is 0.459. The van der Waals surface area contributed by atoms with Crippen molar-refractivity contribution in [1.29, 1.82) is 0 Å². The molecule has 0 fully saturated rings. The molecule has 1 N–H and O–H groups in total. The maximum Gasteiger partial charge on any atom is 0.261 e. The Bertz CT molecular complexity index is 930. The first-order valence-electron chi connectivity index (χ1n) is 7.72. The second kappa shape index (κ2) is 8.53. The molecule has 3 aromatic rings. The van der Waals surface area contributed by atoms with Crippen LogP contribution in [-0.4, -0.2) is 23.2 Å². The predicted molar refractivity (Wildman–Crippen MR) is 107 cm³/mol. The topological polar surface area (TPSA) is 64.1 Å². The third kappa shape index (κ3) is 4.55. The molecule has 0 saturated heterocycles. The SMILES string of the molecule is COc1ccc(Cl)cc1C(=O)Nc1nnc(SCc2ccccc2C)s1. The second-order valence-electron chi connectivity index (χ2n) is 5.39. The Morgan fingerprint density at radius 1 is 1.27 bits per heavy atom. The minimum absolute atomic E-state index is 0.337. The highest BCUT2D eigenvalue weighted by molar-refractivity contribution is 8.00. The molecular formula is C18H16ClN3O2S2. The molecule has 26 heavy (non-hydrogen) atoms. The zero-order valence-corrected chi connectivity index (χ0v) is 16.5. The van der Waals surface area contributed by atoms with Crippen molar-refractivity contribution in [1.82, 2.24) is 10.2 Å². The van der Waals surface area contributed by atoms with Crippen LogP contribution in [0.2, 0.25) is 5.02 Å². The molecule has 0 spiro atoms. The lowest BCUT2D eigenvalue weighted by Crippen LogP contribution is -2.13. The van der Waals surface area contributed by atoms with E-state index in [2.05, 4.69) is 34.6 Å². The molecule has 3 rings (SSSR count). The van der Waals surface area contributed by atoms with Crippen LogP contribution in [-0.2, 0) is 5.75 Å². The molecule has 0 atom stereocenters. The van der Waals surface area contributed by atoms with Crippen molar-refractivity contribution < 1.29 is 9.53 Å². The number of ether oxygens (including phenoxy) is 1. The zero-order valence-electron chi connectivity index (χ0n) is 14.2. The smallest absolute Gasteiger partial charge is 0.261 e. The van der Waals surface area contributed by atoms with E-state index in [0.717, 1.165) is 10.1 Å². The Kier molecular flexibility index (Phi) is 6.13. The molecule has 134 valence electrons. The summed E-state index contributed by atoms with van der Waals surface area (Å²) in [6.07, 6.45) is 0. The van der Waals surface area contributed by atoms with Gasteiger partial charge in [0.05, 0.1) is 12.7 Å². The van der Waals surface area contributed by atoms with Crippen LogP contribution in [0.1, 0.15) is 21.5 Å². The van der Waals surface area contributed by atoms with Crippen LogP contribution in [0, 0.1) is 6.92 Å². The van der Waals surface area contributed by atoms with Crippen molar-refractivity contribution in [2.75, 3.05) is 12.4 Å². The van der Waals surface area contributed by atoms with E-state index in [-0.39, 0.29) is 5.91 Å². The number of hydrogen-bond acceptors (Lipinski definition) is 6. The Balaban J connectivity index is 1.66. The number of nitrogens with zero attached hydrogens (tertiary/aromatic N) is 2. The highest BCUT2D eigenvalue weighted by atomic mass is 35.5. The minimum Gasteiger partial charge on any atom is -0.496 e. The third-order valence-corrected chi connectivity index (χ3v) is 5.90. The van der Waals surface area contributed by atoms with Crippen LogP contribution in [0.15, 0.2) is 46.8 Å². The summed E-state index contributed by atoms with van der Waals surface area (Å²) in [5, 5.41) is 11.8. The van der Waals surface area contributed by atoms with Gasteiger partial charge in [0.2, 0.25) is 5.13 Å². The average Bonchev–Trinajstić information content (AvgIpc) is 3.08. The summed E-state index contributed by atoms with van der Waals surface area (Å²) in [7, 11) is 1.51. The third-order valence-electron chi connectivity index (χ3n) is 3.65. The number of anilines is 1. The number of carbonyl (C=O) groups excluding carboxylic acids is 1. The summed E-state index contributed by atoms with van der Waals surface area (Å²) in [6, 6.07) is 13.1. The number of hydrogen-bond donors (Lipinski definition) is 1. The molecule has 1 heterocycles. The van der Waals surface area contributed by atoms with Crippen LogP contribution in [0.3, 0.4) is 0 Å². The zero-order chi connectivity index (χ0) is 18.5. The number of amides is 1. The number of aromatic nitrogens is 2. The first-order valence-corrected chi connectivity index (χ1v) is 9.90. The number of thioether (sulfide) groups is 1. The number of carbonyl (C=O) groups is 1. The highest BCUT2D eigenvalue weighted by Gasteiger charge is 2.15. The highest BCUT2D eigenvalue weighted by Crippen LogP contribution is 2.30. The van der Waals surface area contributed by atoms with Crippen LogP contribution < -0.4 is 10.1 Å². The summed E-state index contributed by atoms with van der Waals surface area (Å²) in [4.78, 5) is 12.5. The molecular weight excluding hydrogens is 390 g/mol. The van der Waals surface area contributed by atoms with Gasteiger partial charge in [-0.25, -0.2) is 0 Å². The van der Waals surface area contributed by atoms with Crippen molar-refractivity contribution in [2.45, 2.75) is 17.0 Å². The molecule has 0 bridgehead atoms. The standard InChI is InChI=1S/C18H16ClN3O2S2/c1-11-5-3-4-6-12(11)10-25-18-22-21-17(26-18)20-16(23)14-9-13(19)7-8-15(14)24-2/h3-9H,10H2,1-2H3,(H,20,21,23). The van der Waals surface area contributed by atoms with Crippen molar-refractivity contribution in [2.24, 2.45) is 0 Å². The second-order valence-corrected chi connectivity index (χ2v) is 8.02. The van der Waals surface area contributed by atoms with E-state index >= 15 is 0 Å².